The summed E-state index contributed by atoms with van der Waals surface area (Å²) in [6.45, 7) is 6.93. The molecule has 3 heterocycles. The number of nitrogens with two attached hydrogens (primary N) is 1. The van der Waals surface area contributed by atoms with Gasteiger partial charge < -0.3 is 26.0 Å². The van der Waals surface area contributed by atoms with Crippen LogP contribution in [0, 0.1) is 0 Å². The minimum Gasteiger partial charge on any atom is -0.445 e. The van der Waals surface area contributed by atoms with E-state index >= 15 is 0 Å². The lowest BCUT2D eigenvalue weighted by atomic mass is 10.1. The molecule has 2 fully saturated rings. The molecule has 2 atom stereocenters. The number of ether oxygens (including phenoxy) is 1. The molecule has 0 saturated carbocycles. The number of carbonyl (C=O) groups excluding carboxylic acids is 3. The van der Waals surface area contributed by atoms with E-state index in [0.29, 0.717) is 25.5 Å². The summed E-state index contributed by atoms with van der Waals surface area (Å²) in [5.74, 6) is 0.477. The summed E-state index contributed by atoms with van der Waals surface area (Å²) in [6.07, 6.45) is 1.01. The molecular formula is C27H33N7O4. The Labute approximate surface area is 221 Å². The molecule has 0 bridgehead atoms. The SMILES string of the molecule is CC1C(=O)NCCN1C(=O)OCc1ccccc1.CC1NCCN(Cc2ccc3c(N)ncnc3c2)C1=O. The zero-order valence-corrected chi connectivity index (χ0v) is 21.6. The zero-order chi connectivity index (χ0) is 27.1. The van der Waals surface area contributed by atoms with Crippen molar-refractivity contribution in [2.24, 2.45) is 0 Å². The highest BCUT2D eigenvalue weighted by Crippen LogP contribution is 2.19. The Balaban J connectivity index is 0.000000178. The summed E-state index contributed by atoms with van der Waals surface area (Å²) in [4.78, 5) is 46.8. The van der Waals surface area contributed by atoms with Crippen molar-refractivity contribution in [3.63, 3.8) is 0 Å². The van der Waals surface area contributed by atoms with E-state index in [9.17, 15) is 14.4 Å². The van der Waals surface area contributed by atoms with Crippen molar-refractivity contribution in [1.29, 1.82) is 0 Å². The molecule has 2 aromatic carbocycles. The van der Waals surface area contributed by atoms with Gasteiger partial charge in [0.15, 0.2) is 0 Å². The Morgan fingerprint density at radius 1 is 1.05 bits per heavy atom. The second kappa shape index (κ2) is 12.3. The molecule has 11 nitrogen and oxygen atoms in total. The number of fused-ring (bicyclic) bond motifs is 1. The van der Waals surface area contributed by atoms with Crippen molar-refractivity contribution in [2.45, 2.75) is 39.1 Å². The van der Waals surface area contributed by atoms with Crippen LogP contribution in [0.1, 0.15) is 25.0 Å². The highest BCUT2D eigenvalue weighted by molar-refractivity contribution is 5.88. The van der Waals surface area contributed by atoms with Crippen molar-refractivity contribution < 1.29 is 19.1 Å². The molecule has 0 radical (unpaired) electrons. The molecule has 4 N–H and O–H groups in total. The van der Waals surface area contributed by atoms with Crippen LogP contribution in [-0.2, 0) is 27.5 Å². The fourth-order valence-electron chi connectivity index (χ4n) is 4.32. The standard InChI is InChI=1S/C14H17N5O.C13H16N2O3/c1-9-14(20)19(5-4-16-9)7-10-2-3-11-12(6-10)17-8-18-13(11)15;1-10-12(16)14-7-8-15(10)13(17)18-9-11-5-3-2-4-6-11/h2-3,6,8-9,16H,4-5,7H2,1H3,(H2,15,17,18);2-6,10H,7-9H2,1H3,(H,14,16). The molecule has 3 amide bonds. The number of nitrogen functional groups attached to an aromatic ring is 1. The first-order valence-corrected chi connectivity index (χ1v) is 12.6. The third kappa shape index (κ3) is 6.54. The second-order valence-corrected chi connectivity index (χ2v) is 9.25. The number of hydrogen-bond acceptors (Lipinski definition) is 8. The van der Waals surface area contributed by atoms with Crippen molar-refractivity contribution in [3.8, 4) is 0 Å². The maximum absolute atomic E-state index is 12.1. The van der Waals surface area contributed by atoms with E-state index in [0.717, 1.165) is 35.1 Å². The van der Waals surface area contributed by atoms with Gasteiger partial charge in [-0.05, 0) is 37.1 Å². The minimum atomic E-state index is -0.470. The van der Waals surface area contributed by atoms with Gasteiger partial charge in [0, 0.05) is 38.1 Å². The van der Waals surface area contributed by atoms with Gasteiger partial charge in [0.25, 0.3) is 0 Å². The van der Waals surface area contributed by atoms with Gasteiger partial charge in [-0.15, -0.1) is 0 Å². The van der Waals surface area contributed by atoms with Gasteiger partial charge in [-0.1, -0.05) is 36.4 Å². The summed E-state index contributed by atoms with van der Waals surface area (Å²) in [5.41, 5.74) is 8.60. The van der Waals surface area contributed by atoms with E-state index in [1.807, 2.05) is 60.4 Å². The largest absolute Gasteiger partial charge is 0.445 e. The van der Waals surface area contributed by atoms with Gasteiger partial charge in [0.1, 0.15) is 24.8 Å². The van der Waals surface area contributed by atoms with Gasteiger partial charge >= 0.3 is 6.09 Å². The van der Waals surface area contributed by atoms with Crippen LogP contribution in [-0.4, -0.2) is 75.9 Å². The zero-order valence-electron chi connectivity index (χ0n) is 21.6. The molecule has 2 saturated heterocycles. The first-order valence-electron chi connectivity index (χ1n) is 12.6. The lowest BCUT2D eigenvalue weighted by Crippen LogP contribution is -2.55. The monoisotopic (exact) mass is 519 g/mol. The number of piperazine rings is 2. The van der Waals surface area contributed by atoms with Crippen LogP contribution in [0.4, 0.5) is 10.6 Å². The third-order valence-electron chi connectivity index (χ3n) is 6.56. The molecule has 5 rings (SSSR count). The van der Waals surface area contributed by atoms with Gasteiger partial charge in [-0.2, -0.15) is 0 Å². The number of amides is 3. The van der Waals surface area contributed by atoms with E-state index in [1.54, 1.807) is 6.92 Å². The van der Waals surface area contributed by atoms with Gasteiger partial charge in [-0.3, -0.25) is 14.5 Å². The van der Waals surface area contributed by atoms with E-state index in [1.165, 1.54) is 11.2 Å². The average Bonchev–Trinajstić information content (AvgIpc) is 2.92. The molecular weight excluding hydrogens is 486 g/mol. The summed E-state index contributed by atoms with van der Waals surface area (Å²) in [6, 6.07) is 14.7. The summed E-state index contributed by atoms with van der Waals surface area (Å²) >= 11 is 0. The molecule has 200 valence electrons. The third-order valence-corrected chi connectivity index (χ3v) is 6.56. The maximum Gasteiger partial charge on any atom is 0.410 e. The molecule has 1 aromatic heterocycles. The Morgan fingerprint density at radius 2 is 1.84 bits per heavy atom. The normalized spacial score (nSPS) is 19.4. The predicted octanol–water partition coefficient (Wildman–Crippen LogP) is 1.68. The molecule has 2 unspecified atom stereocenters. The summed E-state index contributed by atoms with van der Waals surface area (Å²) in [5, 5.41) is 6.70. The lowest BCUT2D eigenvalue weighted by molar-refractivity contribution is -0.135. The smallest absolute Gasteiger partial charge is 0.410 e. The Morgan fingerprint density at radius 3 is 2.63 bits per heavy atom. The summed E-state index contributed by atoms with van der Waals surface area (Å²) in [7, 11) is 0. The number of benzene rings is 2. The fraction of sp³-hybridized carbons (Fsp3) is 0.370. The topological polar surface area (TPSA) is 143 Å². The summed E-state index contributed by atoms with van der Waals surface area (Å²) < 4.78 is 5.19. The van der Waals surface area contributed by atoms with Crippen molar-refractivity contribution in [3.05, 3.63) is 66.0 Å². The Bertz CT molecular complexity index is 1290. The van der Waals surface area contributed by atoms with Crippen molar-refractivity contribution >= 4 is 34.6 Å². The molecule has 2 aliphatic heterocycles. The second-order valence-electron chi connectivity index (χ2n) is 9.25. The number of carbonyl (C=O) groups is 3. The van der Waals surface area contributed by atoms with Crippen LogP contribution in [0.15, 0.2) is 54.9 Å². The molecule has 38 heavy (non-hydrogen) atoms. The van der Waals surface area contributed by atoms with Crippen molar-refractivity contribution in [1.82, 2.24) is 30.4 Å². The molecule has 3 aromatic rings. The maximum atomic E-state index is 12.1. The highest BCUT2D eigenvalue weighted by Gasteiger charge is 2.30. The Kier molecular flexibility index (Phi) is 8.70. The van der Waals surface area contributed by atoms with E-state index in [4.69, 9.17) is 10.5 Å². The first kappa shape index (κ1) is 26.8. The van der Waals surface area contributed by atoms with Gasteiger partial charge in [-0.25, -0.2) is 14.8 Å². The Hall–Kier alpha value is -4.25. The van der Waals surface area contributed by atoms with Crippen LogP contribution in [0.3, 0.4) is 0 Å². The predicted molar refractivity (Wildman–Crippen MR) is 143 cm³/mol. The number of anilines is 1. The van der Waals surface area contributed by atoms with Crippen LogP contribution in [0.2, 0.25) is 0 Å². The highest BCUT2D eigenvalue weighted by atomic mass is 16.6. The fourth-order valence-corrected chi connectivity index (χ4v) is 4.32. The first-order chi connectivity index (χ1) is 18.3. The molecule has 0 aliphatic carbocycles. The van der Waals surface area contributed by atoms with E-state index in [-0.39, 0.29) is 24.5 Å². The number of aromatic nitrogens is 2. The number of rotatable bonds is 4. The number of nitrogens with one attached hydrogen (secondary N) is 2. The quantitative estimate of drug-likeness (QED) is 0.473. The van der Waals surface area contributed by atoms with E-state index < -0.39 is 12.1 Å². The van der Waals surface area contributed by atoms with Gasteiger partial charge in [0.05, 0.1) is 11.6 Å². The average molecular weight is 520 g/mol. The number of hydrogen-bond donors (Lipinski definition) is 3. The van der Waals surface area contributed by atoms with Crippen LogP contribution in [0.25, 0.3) is 10.9 Å². The molecule has 11 heteroatoms. The minimum absolute atomic E-state index is 0.109. The van der Waals surface area contributed by atoms with Crippen LogP contribution >= 0.6 is 0 Å². The molecule has 2 aliphatic rings. The van der Waals surface area contributed by atoms with Gasteiger partial charge in [0.2, 0.25) is 11.8 Å². The van der Waals surface area contributed by atoms with Crippen LogP contribution in [0.5, 0.6) is 0 Å². The van der Waals surface area contributed by atoms with E-state index in [2.05, 4.69) is 20.6 Å². The molecule has 0 spiro atoms. The van der Waals surface area contributed by atoms with Crippen molar-refractivity contribution in [2.75, 3.05) is 31.9 Å². The number of nitrogens with zero attached hydrogens (tertiary/aromatic N) is 4. The van der Waals surface area contributed by atoms with Crippen LogP contribution < -0.4 is 16.4 Å². The lowest BCUT2D eigenvalue weighted by Gasteiger charge is -2.31.